The standard InChI is InChI=1S/C12H17N5O2S2/c1-3-8-9(4-2)15-16-12(14-8)17-21(18,19)11-5-6-20-10(11)7-13/h5-6H,3-4,7,13H2,1-2H3,(H,14,16,17). The molecule has 2 heterocycles. The molecule has 2 aromatic rings. The lowest BCUT2D eigenvalue weighted by atomic mass is 10.2. The molecule has 114 valence electrons. The van der Waals surface area contributed by atoms with Crippen LogP contribution in [0.2, 0.25) is 0 Å². The Morgan fingerprint density at radius 1 is 1.24 bits per heavy atom. The molecule has 21 heavy (non-hydrogen) atoms. The largest absolute Gasteiger partial charge is 0.326 e. The number of hydrogen-bond acceptors (Lipinski definition) is 7. The van der Waals surface area contributed by atoms with Crippen molar-refractivity contribution in [2.45, 2.75) is 38.1 Å². The van der Waals surface area contributed by atoms with Crippen LogP contribution in [0.3, 0.4) is 0 Å². The van der Waals surface area contributed by atoms with E-state index in [1.165, 1.54) is 17.4 Å². The summed E-state index contributed by atoms with van der Waals surface area (Å²) in [5.41, 5.74) is 7.06. The summed E-state index contributed by atoms with van der Waals surface area (Å²) in [6.07, 6.45) is 1.37. The van der Waals surface area contributed by atoms with Crippen molar-refractivity contribution in [2.75, 3.05) is 4.72 Å². The van der Waals surface area contributed by atoms with E-state index in [9.17, 15) is 8.42 Å². The van der Waals surface area contributed by atoms with Gasteiger partial charge < -0.3 is 5.73 Å². The van der Waals surface area contributed by atoms with Gasteiger partial charge in [0.25, 0.3) is 16.0 Å². The average Bonchev–Trinajstić information content (AvgIpc) is 2.96. The van der Waals surface area contributed by atoms with Crippen LogP contribution in [-0.2, 0) is 29.4 Å². The molecule has 0 atom stereocenters. The molecule has 0 radical (unpaired) electrons. The predicted molar refractivity (Wildman–Crippen MR) is 81.6 cm³/mol. The molecule has 0 bridgehead atoms. The molecule has 0 aliphatic rings. The number of nitrogens with zero attached hydrogens (tertiary/aromatic N) is 3. The summed E-state index contributed by atoms with van der Waals surface area (Å²) in [5.74, 6) is -0.0155. The van der Waals surface area contributed by atoms with Crippen LogP contribution in [-0.4, -0.2) is 23.6 Å². The van der Waals surface area contributed by atoms with Gasteiger partial charge in [0.05, 0.1) is 11.4 Å². The predicted octanol–water partition coefficient (Wildman–Crippen LogP) is 1.32. The number of sulfonamides is 1. The van der Waals surface area contributed by atoms with E-state index in [1.807, 2.05) is 13.8 Å². The van der Waals surface area contributed by atoms with Gasteiger partial charge in [-0.15, -0.1) is 21.5 Å². The third-order valence-corrected chi connectivity index (χ3v) is 5.40. The third-order valence-electron chi connectivity index (χ3n) is 2.91. The summed E-state index contributed by atoms with van der Waals surface area (Å²) in [7, 11) is -3.74. The number of rotatable bonds is 6. The highest BCUT2D eigenvalue weighted by Gasteiger charge is 2.21. The lowest BCUT2D eigenvalue weighted by molar-refractivity contribution is 0.600. The molecule has 7 nitrogen and oxygen atoms in total. The molecular formula is C12H17N5O2S2. The number of anilines is 1. The molecule has 0 aromatic carbocycles. The maximum Gasteiger partial charge on any atom is 0.265 e. The maximum absolute atomic E-state index is 12.3. The Morgan fingerprint density at radius 3 is 2.57 bits per heavy atom. The Bertz CT molecular complexity index is 727. The maximum atomic E-state index is 12.3. The first-order valence-electron chi connectivity index (χ1n) is 6.53. The Balaban J connectivity index is 2.33. The zero-order valence-electron chi connectivity index (χ0n) is 11.8. The van der Waals surface area contributed by atoms with Crippen LogP contribution in [0, 0.1) is 0 Å². The van der Waals surface area contributed by atoms with Gasteiger partial charge in [0.1, 0.15) is 4.90 Å². The van der Waals surface area contributed by atoms with Gasteiger partial charge in [0.15, 0.2) is 0 Å². The smallest absolute Gasteiger partial charge is 0.265 e. The van der Waals surface area contributed by atoms with Gasteiger partial charge in [-0.05, 0) is 24.3 Å². The monoisotopic (exact) mass is 327 g/mol. The minimum atomic E-state index is -3.74. The van der Waals surface area contributed by atoms with E-state index >= 15 is 0 Å². The molecule has 0 saturated carbocycles. The van der Waals surface area contributed by atoms with Crippen molar-refractivity contribution in [2.24, 2.45) is 5.73 Å². The lowest BCUT2D eigenvalue weighted by Crippen LogP contribution is -2.18. The van der Waals surface area contributed by atoms with Crippen LogP contribution in [0.25, 0.3) is 0 Å². The van der Waals surface area contributed by atoms with Crippen LogP contribution in [0.1, 0.15) is 30.1 Å². The van der Waals surface area contributed by atoms with Gasteiger partial charge in [-0.2, -0.15) is 0 Å². The number of aryl methyl sites for hydroxylation is 2. The number of aromatic nitrogens is 3. The van der Waals surface area contributed by atoms with Crippen LogP contribution in [0.4, 0.5) is 5.95 Å². The molecule has 0 saturated heterocycles. The summed E-state index contributed by atoms with van der Waals surface area (Å²) < 4.78 is 27.0. The second-order valence-corrected chi connectivity index (χ2v) is 6.91. The highest BCUT2D eigenvalue weighted by atomic mass is 32.2. The summed E-state index contributed by atoms with van der Waals surface area (Å²) in [6.45, 7) is 4.06. The van der Waals surface area contributed by atoms with Crippen LogP contribution >= 0.6 is 11.3 Å². The van der Waals surface area contributed by atoms with Crippen LogP contribution < -0.4 is 10.5 Å². The van der Waals surface area contributed by atoms with Crippen molar-refractivity contribution in [1.29, 1.82) is 0 Å². The number of nitrogens with two attached hydrogens (primary N) is 1. The van der Waals surface area contributed by atoms with E-state index in [2.05, 4.69) is 19.9 Å². The van der Waals surface area contributed by atoms with E-state index in [4.69, 9.17) is 5.73 Å². The fraction of sp³-hybridized carbons (Fsp3) is 0.417. The SMILES string of the molecule is CCc1nnc(NS(=O)(=O)c2ccsc2CN)nc1CC. The molecule has 2 rings (SSSR count). The molecule has 0 amide bonds. The lowest BCUT2D eigenvalue weighted by Gasteiger charge is -2.08. The van der Waals surface area contributed by atoms with Gasteiger partial charge >= 0.3 is 0 Å². The Hall–Kier alpha value is -1.58. The zero-order chi connectivity index (χ0) is 15.5. The summed E-state index contributed by atoms with van der Waals surface area (Å²) in [5, 5.41) is 9.53. The molecule has 3 N–H and O–H groups in total. The number of hydrogen-bond donors (Lipinski definition) is 2. The second-order valence-electron chi connectivity index (χ2n) is 4.25. The van der Waals surface area contributed by atoms with E-state index < -0.39 is 10.0 Å². The van der Waals surface area contributed by atoms with Crippen molar-refractivity contribution in [3.63, 3.8) is 0 Å². The Morgan fingerprint density at radius 2 is 1.95 bits per heavy atom. The molecule has 9 heteroatoms. The van der Waals surface area contributed by atoms with Crippen molar-refractivity contribution in [3.8, 4) is 0 Å². The summed E-state index contributed by atoms with van der Waals surface area (Å²) in [6, 6.07) is 1.52. The molecule has 0 fully saturated rings. The number of nitrogens with one attached hydrogen (secondary N) is 1. The first-order chi connectivity index (χ1) is 10.0. The fourth-order valence-electron chi connectivity index (χ4n) is 1.87. The van der Waals surface area contributed by atoms with Crippen LogP contribution in [0.5, 0.6) is 0 Å². The summed E-state index contributed by atoms with van der Waals surface area (Å²) >= 11 is 1.30. The normalized spacial score (nSPS) is 11.6. The quantitative estimate of drug-likeness (QED) is 0.827. The first kappa shape index (κ1) is 15.8. The van der Waals surface area contributed by atoms with Crippen LogP contribution in [0.15, 0.2) is 16.3 Å². The molecule has 0 unspecified atom stereocenters. The minimum absolute atomic E-state index is 0.0155. The zero-order valence-corrected chi connectivity index (χ0v) is 13.5. The van der Waals surface area contributed by atoms with E-state index in [0.717, 1.165) is 11.4 Å². The highest BCUT2D eigenvalue weighted by Crippen LogP contribution is 2.23. The van der Waals surface area contributed by atoms with Gasteiger partial charge in [-0.25, -0.2) is 18.1 Å². The highest BCUT2D eigenvalue weighted by molar-refractivity contribution is 7.92. The molecule has 0 spiro atoms. The molecular weight excluding hydrogens is 310 g/mol. The second kappa shape index (κ2) is 6.46. The molecule has 2 aromatic heterocycles. The summed E-state index contributed by atoms with van der Waals surface area (Å²) in [4.78, 5) is 4.98. The van der Waals surface area contributed by atoms with Crippen molar-refractivity contribution >= 4 is 27.3 Å². The van der Waals surface area contributed by atoms with Gasteiger partial charge in [-0.3, -0.25) is 0 Å². The van der Waals surface area contributed by atoms with Gasteiger partial charge in [0, 0.05) is 11.4 Å². The Labute approximate surface area is 127 Å². The topological polar surface area (TPSA) is 111 Å². The van der Waals surface area contributed by atoms with E-state index in [0.29, 0.717) is 17.7 Å². The van der Waals surface area contributed by atoms with Crippen molar-refractivity contribution in [3.05, 3.63) is 27.7 Å². The number of thiophene rings is 1. The van der Waals surface area contributed by atoms with E-state index in [1.54, 1.807) is 5.38 Å². The van der Waals surface area contributed by atoms with E-state index in [-0.39, 0.29) is 17.4 Å². The van der Waals surface area contributed by atoms with Crippen molar-refractivity contribution in [1.82, 2.24) is 15.2 Å². The Kier molecular flexibility index (Phi) is 4.86. The fourth-order valence-corrected chi connectivity index (χ4v) is 4.15. The van der Waals surface area contributed by atoms with Gasteiger partial charge in [0.2, 0.25) is 0 Å². The van der Waals surface area contributed by atoms with Gasteiger partial charge in [-0.1, -0.05) is 13.8 Å². The van der Waals surface area contributed by atoms with Crippen molar-refractivity contribution < 1.29 is 8.42 Å². The molecule has 0 aliphatic heterocycles. The average molecular weight is 327 g/mol. The molecule has 0 aliphatic carbocycles. The third kappa shape index (κ3) is 3.36. The minimum Gasteiger partial charge on any atom is -0.326 e. The first-order valence-corrected chi connectivity index (χ1v) is 8.89.